The predicted molar refractivity (Wildman–Crippen MR) is 75.4 cm³/mol. The first kappa shape index (κ1) is 14.3. The molecule has 106 valence electrons. The van der Waals surface area contributed by atoms with Crippen LogP contribution in [0.25, 0.3) is 0 Å². The predicted octanol–water partition coefficient (Wildman–Crippen LogP) is 2.37. The van der Waals surface area contributed by atoms with Crippen molar-refractivity contribution in [2.24, 2.45) is 11.8 Å². The van der Waals surface area contributed by atoms with Crippen LogP contribution in [0.3, 0.4) is 0 Å². The van der Waals surface area contributed by atoms with E-state index in [9.17, 15) is 8.42 Å². The average Bonchev–Trinajstić information content (AvgIpc) is 2.56. The summed E-state index contributed by atoms with van der Waals surface area (Å²) >= 11 is 0. The van der Waals surface area contributed by atoms with Crippen molar-refractivity contribution in [1.82, 2.24) is 5.32 Å². The van der Waals surface area contributed by atoms with E-state index in [-0.39, 0.29) is 0 Å². The van der Waals surface area contributed by atoms with Crippen LogP contribution in [-0.4, -0.2) is 32.5 Å². The Kier molecular flexibility index (Phi) is 5.07. The summed E-state index contributed by atoms with van der Waals surface area (Å²) in [5.41, 5.74) is 0. The van der Waals surface area contributed by atoms with Crippen LogP contribution in [0.2, 0.25) is 0 Å². The molecule has 2 rings (SSSR count). The molecule has 1 saturated carbocycles. The fourth-order valence-electron chi connectivity index (χ4n) is 3.36. The van der Waals surface area contributed by atoms with Crippen LogP contribution >= 0.6 is 0 Å². The van der Waals surface area contributed by atoms with Gasteiger partial charge in [-0.25, -0.2) is 8.42 Å². The minimum Gasteiger partial charge on any atom is -0.314 e. The lowest BCUT2D eigenvalue weighted by Gasteiger charge is -2.18. The molecule has 0 radical (unpaired) electrons. The van der Waals surface area contributed by atoms with Crippen LogP contribution in [0.1, 0.15) is 51.9 Å². The fraction of sp³-hybridized carbons (Fsp3) is 1.00. The highest BCUT2D eigenvalue weighted by molar-refractivity contribution is 7.91. The van der Waals surface area contributed by atoms with Gasteiger partial charge in [0.2, 0.25) is 0 Å². The molecule has 0 amide bonds. The fourth-order valence-corrected chi connectivity index (χ4v) is 5.22. The van der Waals surface area contributed by atoms with Crippen molar-refractivity contribution in [3.63, 3.8) is 0 Å². The normalized spacial score (nSPS) is 36.4. The molecule has 4 heteroatoms. The molecule has 1 saturated heterocycles. The van der Waals surface area contributed by atoms with Gasteiger partial charge in [-0.3, -0.25) is 0 Å². The molecule has 1 N–H and O–H groups in total. The number of sulfone groups is 1. The van der Waals surface area contributed by atoms with E-state index in [4.69, 9.17) is 0 Å². The van der Waals surface area contributed by atoms with E-state index in [1.807, 2.05) is 0 Å². The van der Waals surface area contributed by atoms with Gasteiger partial charge >= 0.3 is 0 Å². The van der Waals surface area contributed by atoms with Gasteiger partial charge in [0.15, 0.2) is 9.84 Å². The summed E-state index contributed by atoms with van der Waals surface area (Å²) in [7, 11) is -2.71. The molecule has 0 bridgehead atoms. The molecule has 2 aliphatic rings. The highest BCUT2D eigenvalue weighted by atomic mass is 32.2. The van der Waals surface area contributed by atoms with E-state index in [0.29, 0.717) is 23.5 Å². The Balaban J connectivity index is 1.71. The van der Waals surface area contributed by atoms with E-state index in [0.717, 1.165) is 18.9 Å². The maximum absolute atomic E-state index is 11.4. The molecule has 3 atom stereocenters. The van der Waals surface area contributed by atoms with Crippen molar-refractivity contribution in [2.45, 2.75) is 57.9 Å². The van der Waals surface area contributed by atoms with Crippen molar-refractivity contribution in [3.8, 4) is 0 Å². The molecule has 1 heterocycles. The molecule has 3 unspecified atom stereocenters. The zero-order chi connectivity index (χ0) is 13.0. The zero-order valence-corrected chi connectivity index (χ0v) is 12.3. The monoisotopic (exact) mass is 273 g/mol. The number of hydrogen-bond donors (Lipinski definition) is 1. The van der Waals surface area contributed by atoms with Crippen molar-refractivity contribution >= 4 is 9.84 Å². The average molecular weight is 273 g/mol. The maximum Gasteiger partial charge on any atom is 0.150 e. The Bertz CT molecular complexity index is 353. The number of hydrogen-bond acceptors (Lipinski definition) is 3. The smallest absolute Gasteiger partial charge is 0.150 e. The Morgan fingerprint density at radius 1 is 1.06 bits per heavy atom. The Labute approximate surface area is 112 Å². The molecule has 1 aliphatic carbocycles. The zero-order valence-electron chi connectivity index (χ0n) is 11.5. The number of nitrogens with one attached hydrogen (secondary N) is 1. The molecule has 18 heavy (non-hydrogen) atoms. The minimum atomic E-state index is -2.71. The van der Waals surface area contributed by atoms with E-state index >= 15 is 0 Å². The molecular formula is C14H27NO2S. The molecule has 0 spiro atoms. The first-order valence-electron chi connectivity index (χ1n) is 7.53. The van der Waals surface area contributed by atoms with Gasteiger partial charge in [-0.15, -0.1) is 0 Å². The second-order valence-electron chi connectivity index (χ2n) is 6.16. The summed E-state index contributed by atoms with van der Waals surface area (Å²) in [6.45, 7) is 3.20. The van der Waals surface area contributed by atoms with Gasteiger partial charge in [0.05, 0.1) is 11.5 Å². The van der Waals surface area contributed by atoms with Gasteiger partial charge in [0.1, 0.15) is 0 Å². The van der Waals surface area contributed by atoms with E-state index in [1.54, 1.807) is 0 Å². The van der Waals surface area contributed by atoms with E-state index < -0.39 is 9.84 Å². The second-order valence-corrected chi connectivity index (χ2v) is 8.39. The van der Waals surface area contributed by atoms with Crippen LogP contribution in [0, 0.1) is 11.8 Å². The molecule has 0 aromatic carbocycles. The summed E-state index contributed by atoms with van der Waals surface area (Å²) in [6, 6.07) is 0.629. The molecule has 1 aliphatic heterocycles. The van der Waals surface area contributed by atoms with Crippen LogP contribution in [0.15, 0.2) is 0 Å². The molecule has 2 fully saturated rings. The lowest BCUT2D eigenvalue weighted by Crippen LogP contribution is -2.33. The van der Waals surface area contributed by atoms with Crippen LogP contribution in [-0.2, 0) is 9.84 Å². The van der Waals surface area contributed by atoms with Crippen LogP contribution in [0.4, 0.5) is 0 Å². The molecule has 0 aromatic rings. The Hall–Kier alpha value is -0.0900. The third kappa shape index (κ3) is 4.23. The number of rotatable bonds is 4. The first-order chi connectivity index (χ1) is 8.59. The van der Waals surface area contributed by atoms with Crippen molar-refractivity contribution in [2.75, 3.05) is 18.1 Å². The van der Waals surface area contributed by atoms with Crippen molar-refractivity contribution in [1.29, 1.82) is 0 Å². The summed E-state index contributed by atoms with van der Waals surface area (Å²) in [5, 5.41) is 3.62. The lowest BCUT2D eigenvalue weighted by atomic mass is 9.98. The lowest BCUT2D eigenvalue weighted by molar-refractivity contribution is 0.403. The van der Waals surface area contributed by atoms with Gasteiger partial charge in [0.25, 0.3) is 0 Å². The van der Waals surface area contributed by atoms with Gasteiger partial charge in [-0.2, -0.15) is 0 Å². The summed E-state index contributed by atoms with van der Waals surface area (Å²) in [6.07, 6.45) is 8.78. The third-order valence-corrected chi connectivity index (χ3v) is 6.52. The topological polar surface area (TPSA) is 46.2 Å². The standard InChI is InChI=1S/C14H27NO2S/c1-2-12-4-3-5-14(7-6-12)15-10-13-8-9-18(16,17)11-13/h12-15H,2-11H2,1H3. The maximum atomic E-state index is 11.4. The molecule has 0 aromatic heterocycles. The van der Waals surface area contributed by atoms with Crippen molar-refractivity contribution < 1.29 is 8.42 Å². The van der Waals surface area contributed by atoms with Crippen LogP contribution in [0.5, 0.6) is 0 Å². The van der Waals surface area contributed by atoms with Gasteiger partial charge in [-0.05, 0) is 44.1 Å². The quantitative estimate of drug-likeness (QED) is 0.800. The Morgan fingerprint density at radius 3 is 2.56 bits per heavy atom. The summed E-state index contributed by atoms with van der Waals surface area (Å²) < 4.78 is 22.8. The molecular weight excluding hydrogens is 246 g/mol. The summed E-state index contributed by atoms with van der Waals surface area (Å²) in [5.74, 6) is 2.09. The van der Waals surface area contributed by atoms with E-state index in [1.165, 1.54) is 38.5 Å². The van der Waals surface area contributed by atoms with Crippen LogP contribution < -0.4 is 5.32 Å². The van der Waals surface area contributed by atoms with Gasteiger partial charge < -0.3 is 5.32 Å². The third-order valence-electron chi connectivity index (χ3n) is 4.69. The van der Waals surface area contributed by atoms with E-state index in [2.05, 4.69) is 12.2 Å². The first-order valence-corrected chi connectivity index (χ1v) is 9.35. The Morgan fingerprint density at radius 2 is 1.89 bits per heavy atom. The molecule has 3 nitrogen and oxygen atoms in total. The second kappa shape index (κ2) is 6.38. The largest absolute Gasteiger partial charge is 0.314 e. The minimum absolute atomic E-state index is 0.361. The van der Waals surface area contributed by atoms with Gasteiger partial charge in [0, 0.05) is 6.04 Å². The van der Waals surface area contributed by atoms with Gasteiger partial charge in [-0.1, -0.05) is 26.2 Å². The SMILES string of the molecule is CCC1CCCC(NCC2CCS(=O)(=O)C2)CC1. The summed E-state index contributed by atoms with van der Waals surface area (Å²) in [4.78, 5) is 0. The van der Waals surface area contributed by atoms with Crippen molar-refractivity contribution in [3.05, 3.63) is 0 Å². The highest BCUT2D eigenvalue weighted by Gasteiger charge is 2.28. The highest BCUT2D eigenvalue weighted by Crippen LogP contribution is 2.26.